The van der Waals surface area contributed by atoms with E-state index in [1.54, 1.807) is 13.8 Å². The average molecular weight is 412 g/mol. The Hall–Kier alpha value is -2.94. The van der Waals surface area contributed by atoms with Crippen molar-refractivity contribution in [2.45, 2.75) is 32.9 Å². The molecular formula is C18H22ClN3O6. The van der Waals surface area contributed by atoms with Crippen molar-refractivity contribution in [3.63, 3.8) is 0 Å². The van der Waals surface area contributed by atoms with Crippen molar-refractivity contribution in [3.8, 4) is 0 Å². The van der Waals surface area contributed by atoms with Crippen LogP contribution in [0.4, 0.5) is 5.69 Å². The van der Waals surface area contributed by atoms with Gasteiger partial charge in [0.1, 0.15) is 11.1 Å². The molecule has 1 aromatic rings. The molecule has 0 heterocycles. The lowest BCUT2D eigenvalue weighted by Crippen LogP contribution is -2.47. The number of hydrogen-bond acceptors (Lipinski definition) is 6. The van der Waals surface area contributed by atoms with Crippen molar-refractivity contribution in [2.75, 3.05) is 6.54 Å². The van der Waals surface area contributed by atoms with Gasteiger partial charge in [-0.2, -0.15) is 0 Å². The molecule has 152 valence electrons. The summed E-state index contributed by atoms with van der Waals surface area (Å²) in [6.45, 7) is 8.45. The zero-order valence-corrected chi connectivity index (χ0v) is 16.5. The van der Waals surface area contributed by atoms with E-state index in [1.807, 2.05) is 0 Å². The maximum absolute atomic E-state index is 12.4. The van der Waals surface area contributed by atoms with Gasteiger partial charge in [-0.3, -0.25) is 19.7 Å². The maximum atomic E-state index is 12.4. The summed E-state index contributed by atoms with van der Waals surface area (Å²) in [5, 5.41) is 15.8. The molecule has 2 atom stereocenters. The number of carbonyl (C=O) groups excluding carboxylic acids is 3. The van der Waals surface area contributed by atoms with Crippen molar-refractivity contribution in [2.24, 2.45) is 5.92 Å². The van der Waals surface area contributed by atoms with Gasteiger partial charge in [0.25, 0.3) is 17.5 Å². The summed E-state index contributed by atoms with van der Waals surface area (Å²) in [4.78, 5) is 46.9. The Kier molecular flexibility index (Phi) is 8.59. The van der Waals surface area contributed by atoms with E-state index in [4.69, 9.17) is 16.3 Å². The number of benzene rings is 1. The number of hydrogen-bond donors (Lipinski definition) is 2. The van der Waals surface area contributed by atoms with Crippen molar-refractivity contribution >= 4 is 35.1 Å². The first-order valence-corrected chi connectivity index (χ1v) is 8.80. The fourth-order valence-electron chi connectivity index (χ4n) is 2.13. The molecule has 9 nitrogen and oxygen atoms in total. The molecular weight excluding hydrogens is 390 g/mol. The van der Waals surface area contributed by atoms with Gasteiger partial charge < -0.3 is 15.4 Å². The van der Waals surface area contributed by atoms with E-state index < -0.39 is 40.5 Å². The maximum Gasteiger partial charge on any atom is 0.329 e. The highest BCUT2D eigenvalue weighted by Crippen LogP contribution is 2.25. The van der Waals surface area contributed by atoms with E-state index in [1.165, 1.54) is 25.1 Å². The number of amides is 2. The topological polar surface area (TPSA) is 128 Å². The zero-order chi connectivity index (χ0) is 21.4. The summed E-state index contributed by atoms with van der Waals surface area (Å²) >= 11 is 5.73. The first-order chi connectivity index (χ1) is 13.1. The highest BCUT2D eigenvalue weighted by Gasteiger charge is 2.29. The van der Waals surface area contributed by atoms with Gasteiger partial charge in [-0.1, -0.05) is 31.5 Å². The Labute approximate surface area is 167 Å². The quantitative estimate of drug-likeness (QED) is 0.277. The molecule has 0 saturated heterocycles. The highest BCUT2D eigenvalue weighted by atomic mass is 35.5. The Morgan fingerprint density at radius 3 is 2.50 bits per heavy atom. The van der Waals surface area contributed by atoms with Gasteiger partial charge in [0.05, 0.1) is 4.92 Å². The first kappa shape index (κ1) is 23.1. The van der Waals surface area contributed by atoms with Crippen LogP contribution in [-0.4, -0.2) is 41.4 Å². The number of nitrogens with one attached hydrogen (secondary N) is 2. The van der Waals surface area contributed by atoms with Crippen LogP contribution in [-0.2, 0) is 14.3 Å². The SMILES string of the molecule is C=CCNC(=O)[C@H](C)OC(=O)[C@@H](NC(=O)c1ccc(Cl)c([N+](=O)[O-])c1)C(C)C. The predicted molar refractivity (Wildman–Crippen MR) is 103 cm³/mol. The summed E-state index contributed by atoms with van der Waals surface area (Å²) in [7, 11) is 0. The molecule has 0 aliphatic heterocycles. The Morgan fingerprint density at radius 2 is 1.96 bits per heavy atom. The van der Waals surface area contributed by atoms with Crippen molar-refractivity contribution in [1.82, 2.24) is 10.6 Å². The van der Waals surface area contributed by atoms with Gasteiger partial charge in [0.2, 0.25) is 0 Å². The summed E-state index contributed by atoms with van der Waals surface area (Å²) < 4.78 is 5.12. The third-order valence-electron chi connectivity index (χ3n) is 3.70. The Morgan fingerprint density at radius 1 is 1.32 bits per heavy atom. The van der Waals surface area contributed by atoms with Crippen LogP contribution in [0.25, 0.3) is 0 Å². The monoisotopic (exact) mass is 411 g/mol. The summed E-state index contributed by atoms with van der Waals surface area (Å²) in [6, 6.07) is 2.49. The van der Waals surface area contributed by atoms with Gasteiger partial charge in [-0.25, -0.2) is 4.79 Å². The van der Waals surface area contributed by atoms with E-state index >= 15 is 0 Å². The number of nitro benzene ring substituents is 1. The fraction of sp³-hybridized carbons (Fsp3) is 0.389. The lowest BCUT2D eigenvalue weighted by atomic mass is 10.0. The smallest absolute Gasteiger partial charge is 0.329 e. The van der Waals surface area contributed by atoms with Crippen LogP contribution in [0.5, 0.6) is 0 Å². The lowest BCUT2D eigenvalue weighted by molar-refractivity contribution is -0.384. The minimum Gasteiger partial charge on any atom is -0.451 e. The van der Waals surface area contributed by atoms with Crippen molar-refractivity contribution in [3.05, 3.63) is 51.6 Å². The van der Waals surface area contributed by atoms with Gasteiger partial charge in [-0.05, 0) is 25.0 Å². The van der Waals surface area contributed by atoms with Crippen LogP contribution < -0.4 is 10.6 Å². The standard InChI is InChI=1S/C18H22ClN3O6/c1-5-8-20-16(23)11(4)28-18(25)15(10(2)3)21-17(24)12-6-7-13(19)14(9-12)22(26)27/h5-7,9-11,15H,1,8H2,2-4H3,(H,20,23)(H,21,24)/t11-,15-/m0/s1. The number of nitrogens with zero attached hydrogens (tertiary/aromatic N) is 1. The molecule has 0 aliphatic rings. The van der Waals surface area contributed by atoms with Gasteiger partial charge >= 0.3 is 5.97 Å². The number of carbonyl (C=O) groups is 3. The molecule has 2 N–H and O–H groups in total. The van der Waals surface area contributed by atoms with Crippen molar-refractivity contribution in [1.29, 1.82) is 0 Å². The molecule has 1 rings (SSSR count). The third kappa shape index (κ3) is 6.34. The normalized spacial score (nSPS) is 12.6. The minimum absolute atomic E-state index is 0.0358. The van der Waals surface area contributed by atoms with E-state index in [0.717, 1.165) is 6.07 Å². The number of nitro groups is 1. The summed E-state index contributed by atoms with van der Waals surface area (Å²) in [5.74, 6) is -2.37. The van der Waals surface area contributed by atoms with E-state index in [-0.39, 0.29) is 23.0 Å². The molecule has 28 heavy (non-hydrogen) atoms. The van der Waals surface area contributed by atoms with Crippen LogP contribution in [0, 0.1) is 16.0 Å². The molecule has 10 heteroatoms. The number of ether oxygens (including phenoxy) is 1. The molecule has 0 fully saturated rings. The molecule has 2 amide bonds. The first-order valence-electron chi connectivity index (χ1n) is 8.42. The third-order valence-corrected chi connectivity index (χ3v) is 4.01. The highest BCUT2D eigenvalue weighted by molar-refractivity contribution is 6.32. The average Bonchev–Trinajstić information content (AvgIpc) is 2.63. The van der Waals surface area contributed by atoms with Gasteiger partial charge in [0, 0.05) is 18.2 Å². The van der Waals surface area contributed by atoms with Crippen LogP contribution in [0.3, 0.4) is 0 Å². The van der Waals surface area contributed by atoms with Crippen LogP contribution in [0.15, 0.2) is 30.9 Å². The fourth-order valence-corrected chi connectivity index (χ4v) is 2.32. The predicted octanol–water partition coefficient (Wildman–Crippen LogP) is 2.24. The van der Waals surface area contributed by atoms with E-state index in [9.17, 15) is 24.5 Å². The lowest BCUT2D eigenvalue weighted by Gasteiger charge is -2.23. The van der Waals surface area contributed by atoms with Crippen LogP contribution in [0.1, 0.15) is 31.1 Å². The summed E-state index contributed by atoms with van der Waals surface area (Å²) in [6.07, 6.45) is 0.414. The Balaban J connectivity index is 2.89. The zero-order valence-electron chi connectivity index (χ0n) is 15.7. The molecule has 0 aliphatic carbocycles. The van der Waals surface area contributed by atoms with E-state index in [2.05, 4.69) is 17.2 Å². The second-order valence-corrected chi connectivity index (χ2v) is 6.64. The van der Waals surface area contributed by atoms with Crippen molar-refractivity contribution < 1.29 is 24.0 Å². The molecule has 0 radical (unpaired) electrons. The van der Waals surface area contributed by atoms with Crippen LogP contribution >= 0.6 is 11.6 Å². The molecule has 0 unspecified atom stereocenters. The minimum atomic E-state index is -1.07. The second-order valence-electron chi connectivity index (χ2n) is 6.23. The second kappa shape index (κ2) is 10.4. The number of halogens is 1. The van der Waals surface area contributed by atoms with Crippen LogP contribution in [0.2, 0.25) is 5.02 Å². The van der Waals surface area contributed by atoms with Gasteiger partial charge in [-0.15, -0.1) is 6.58 Å². The molecule has 0 aromatic heterocycles. The van der Waals surface area contributed by atoms with E-state index in [0.29, 0.717) is 0 Å². The number of esters is 1. The molecule has 0 saturated carbocycles. The largest absolute Gasteiger partial charge is 0.451 e. The molecule has 1 aromatic carbocycles. The van der Waals surface area contributed by atoms with Gasteiger partial charge in [0.15, 0.2) is 6.10 Å². The molecule has 0 spiro atoms. The summed E-state index contributed by atoms with van der Waals surface area (Å²) in [5.41, 5.74) is -0.461. The number of rotatable bonds is 9. The Bertz CT molecular complexity index is 781. The molecule has 0 bridgehead atoms.